The van der Waals surface area contributed by atoms with Crippen molar-refractivity contribution in [2.45, 2.75) is 59.0 Å². The molecule has 1 amide bonds. The van der Waals surface area contributed by atoms with Gasteiger partial charge in [0.25, 0.3) is 5.91 Å². The van der Waals surface area contributed by atoms with Gasteiger partial charge in [0.2, 0.25) is 0 Å². The van der Waals surface area contributed by atoms with Crippen molar-refractivity contribution in [3.63, 3.8) is 0 Å². The standard InChI is InChI=1S/C20H26N4OS/c1-12(2)18-9-16(17-10-21-24(13(3)4)19(17)23-18)20(25)22-14(5)8-15-6-7-26-11-15/h6-7,9-14H,8H2,1-5H3,(H,22,25). The highest BCUT2D eigenvalue weighted by Crippen LogP contribution is 2.24. The Morgan fingerprint density at radius 2 is 2.04 bits per heavy atom. The van der Waals surface area contributed by atoms with Crippen LogP contribution in [0.25, 0.3) is 11.0 Å². The molecule has 3 aromatic rings. The zero-order chi connectivity index (χ0) is 18.8. The number of fused-ring (bicyclic) bond motifs is 1. The second-order valence-electron chi connectivity index (χ2n) is 7.38. The van der Waals surface area contributed by atoms with Crippen LogP contribution in [-0.2, 0) is 6.42 Å². The molecule has 0 saturated carbocycles. The molecule has 0 aromatic carbocycles. The first-order valence-electron chi connectivity index (χ1n) is 9.07. The van der Waals surface area contributed by atoms with Crippen LogP contribution in [0.2, 0.25) is 0 Å². The molecular formula is C20H26N4OS. The summed E-state index contributed by atoms with van der Waals surface area (Å²) in [5.41, 5.74) is 3.60. The molecule has 138 valence electrons. The van der Waals surface area contributed by atoms with E-state index in [0.29, 0.717) is 5.56 Å². The molecule has 26 heavy (non-hydrogen) atoms. The molecule has 0 fully saturated rings. The highest BCUT2D eigenvalue weighted by molar-refractivity contribution is 7.07. The number of aromatic nitrogens is 3. The number of amides is 1. The zero-order valence-corrected chi connectivity index (χ0v) is 16.8. The van der Waals surface area contributed by atoms with Crippen LogP contribution in [-0.4, -0.2) is 26.7 Å². The second kappa shape index (κ2) is 7.58. The summed E-state index contributed by atoms with van der Waals surface area (Å²) < 4.78 is 1.88. The summed E-state index contributed by atoms with van der Waals surface area (Å²) in [7, 11) is 0. The fraction of sp³-hybridized carbons (Fsp3) is 0.450. The highest BCUT2D eigenvalue weighted by atomic mass is 32.1. The van der Waals surface area contributed by atoms with E-state index in [1.165, 1.54) is 5.56 Å². The van der Waals surface area contributed by atoms with Gasteiger partial charge in [-0.25, -0.2) is 9.67 Å². The first-order valence-corrected chi connectivity index (χ1v) is 10.0. The smallest absolute Gasteiger partial charge is 0.252 e. The van der Waals surface area contributed by atoms with Crippen molar-refractivity contribution < 1.29 is 4.79 Å². The monoisotopic (exact) mass is 370 g/mol. The highest BCUT2D eigenvalue weighted by Gasteiger charge is 2.20. The molecule has 0 aliphatic heterocycles. The van der Waals surface area contributed by atoms with Crippen LogP contribution in [0.15, 0.2) is 29.1 Å². The van der Waals surface area contributed by atoms with E-state index >= 15 is 0 Å². The van der Waals surface area contributed by atoms with Gasteiger partial charge in [-0.3, -0.25) is 4.79 Å². The van der Waals surface area contributed by atoms with Gasteiger partial charge in [0, 0.05) is 17.8 Å². The van der Waals surface area contributed by atoms with Gasteiger partial charge in [0.15, 0.2) is 5.65 Å². The van der Waals surface area contributed by atoms with Crippen LogP contribution in [0, 0.1) is 0 Å². The van der Waals surface area contributed by atoms with Crippen LogP contribution < -0.4 is 5.32 Å². The molecule has 0 bridgehead atoms. The molecule has 1 N–H and O–H groups in total. The molecule has 0 saturated heterocycles. The Balaban J connectivity index is 1.93. The summed E-state index contributed by atoms with van der Waals surface area (Å²) >= 11 is 1.68. The molecule has 0 aliphatic rings. The van der Waals surface area contributed by atoms with E-state index < -0.39 is 0 Å². The van der Waals surface area contributed by atoms with Crippen molar-refractivity contribution in [3.05, 3.63) is 45.9 Å². The van der Waals surface area contributed by atoms with E-state index in [2.05, 4.69) is 54.9 Å². The van der Waals surface area contributed by atoms with Crippen molar-refractivity contribution >= 4 is 28.3 Å². The number of thiophene rings is 1. The lowest BCUT2D eigenvalue weighted by molar-refractivity contribution is 0.0941. The number of nitrogens with one attached hydrogen (secondary N) is 1. The molecule has 0 radical (unpaired) electrons. The largest absolute Gasteiger partial charge is 0.349 e. The molecular weight excluding hydrogens is 344 g/mol. The summed E-state index contributed by atoms with van der Waals surface area (Å²) in [5.74, 6) is 0.176. The average molecular weight is 371 g/mol. The minimum Gasteiger partial charge on any atom is -0.349 e. The van der Waals surface area contributed by atoms with Crippen LogP contribution in [0.4, 0.5) is 0 Å². The SMILES string of the molecule is CC(Cc1ccsc1)NC(=O)c1cc(C(C)C)nc2c1cnn2C(C)C. The first kappa shape index (κ1) is 18.6. The van der Waals surface area contributed by atoms with Gasteiger partial charge < -0.3 is 5.32 Å². The number of rotatable bonds is 6. The minimum absolute atomic E-state index is 0.0583. The van der Waals surface area contributed by atoms with E-state index in [0.717, 1.165) is 23.1 Å². The van der Waals surface area contributed by atoms with Crippen molar-refractivity contribution in [1.29, 1.82) is 0 Å². The predicted molar refractivity (Wildman–Crippen MR) is 107 cm³/mol. The van der Waals surface area contributed by atoms with E-state index in [-0.39, 0.29) is 23.9 Å². The molecule has 3 rings (SSSR count). The number of hydrogen-bond acceptors (Lipinski definition) is 4. The summed E-state index contributed by atoms with van der Waals surface area (Å²) in [6.45, 7) is 10.3. The summed E-state index contributed by atoms with van der Waals surface area (Å²) in [6.07, 6.45) is 2.58. The van der Waals surface area contributed by atoms with Gasteiger partial charge in [0.1, 0.15) is 0 Å². The lowest BCUT2D eigenvalue weighted by Crippen LogP contribution is -2.34. The van der Waals surface area contributed by atoms with Gasteiger partial charge in [0.05, 0.1) is 17.1 Å². The van der Waals surface area contributed by atoms with Crippen LogP contribution >= 0.6 is 11.3 Å². The second-order valence-corrected chi connectivity index (χ2v) is 8.16. The molecule has 5 nitrogen and oxygen atoms in total. The van der Waals surface area contributed by atoms with Crippen molar-refractivity contribution in [1.82, 2.24) is 20.1 Å². The summed E-state index contributed by atoms with van der Waals surface area (Å²) in [6, 6.07) is 4.26. The number of nitrogens with zero attached hydrogens (tertiary/aromatic N) is 3. The Labute approximate surface area is 158 Å². The van der Waals surface area contributed by atoms with Gasteiger partial charge >= 0.3 is 0 Å². The fourth-order valence-corrected chi connectivity index (χ4v) is 3.70. The summed E-state index contributed by atoms with van der Waals surface area (Å²) in [4.78, 5) is 17.7. The molecule has 1 atom stereocenters. The quantitative estimate of drug-likeness (QED) is 0.692. The molecule has 3 aromatic heterocycles. The third-order valence-electron chi connectivity index (χ3n) is 4.41. The molecule has 1 unspecified atom stereocenters. The minimum atomic E-state index is -0.0645. The summed E-state index contributed by atoms with van der Waals surface area (Å²) in [5, 5.41) is 12.6. The maximum absolute atomic E-state index is 13.0. The Bertz CT molecular complexity index is 896. The Morgan fingerprint density at radius 1 is 1.27 bits per heavy atom. The van der Waals surface area contributed by atoms with E-state index in [4.69, 9.17) is 4.98 Å². The van der Waals surface area contributed by atoms with E-state index in [1.807, 2.05) is 17.7 Å². The third-order valence-corrected chi connectivity index (χ3v) is 5.14. The van der Waals surface area contributed by atoms with Gasteiger partial charge in [-0.2, -0.15) is 16.4 Å². The first-order chi connectivity index (χ1) is 12.4. The average Bonchev–Trinajstić information content (AvgIpc) is 3.22. The number of pyridine rings is 1. The fourth-order valence-electron chi connectivity index (χ4n) is 3.01. The van der Waals surface area contributed by atoms with Crippen LogP contribution in [0.3, 0.4) is 0 Å². The molecule has 3 heterocycles. The molecule has 6 heteroatoms. The Kier molecular flexibility index (Phi) is 5.41. The van der Waals surface area contributed by atoms with Gasteiger partial charge in [-0.1, -0.05) is 13.8 Å². The lowest BCUT2D eigenvalue weighted by Gasteiger charge is -2.15. The Morgan fingerprint density at radius 3 is 2.65 bits per heavy atom. The normalized spacial score (nSPS) is 12.9. The number of hydrogen-bond donors (Lipinski definition) is 1. The van der Waals surface area contributed by atoms with E-state index in [9.17, 15) is 4.79 Å². The Hall–Kier alpha value is -2.21. The zero-order valence-electron chi connectivity index (χ0n) is 16.0. The van der Waals surface area contributed by atoms with Crippen molar-refractivity contribution in [2.75, 3.05) is 0 Å². The number of carbonyl (C=O) groups excluding carboxylic acids is 1. The molecule has 0 aliphatic carbocycles. The van der Waals surface area contributed by atoms with Crippen LogP contribution in [0.1, 0.15) is 68.2 Å². The van der Waals surface area contributed by atoms with Crippen molar-refractivity contribution in [2.24, 2.45) is 0 Å². The number of carbonyl (C=O) groups is 1. The van der Waals surface area contributed by atoms with Gasteiger partial charge in [-0.05, 0) is 61.6 Å². The topological polar surface area (TPSA) is 59.8 Å². The van der Waals surface area contributed by atoms with E-state index in [1.54, 1.807) is 17.5 Å². The predicted octanol–water partition coefficient (Wildman–Crippen LogP) is 4.56. The maximum atomic E-state index is 13.0. The van der Waals surface area contributed by atoms with Gasteiger partial charge in [-0.15, -0.1) is 0 Å². The lowest BCUT2D eigenvalue weighted by atomic mass is 10.0. The molecule has 0 spiro atoms. The maximum Gasteiger partial charge on any atom is 0.252 e. The van der Waals surface area contributed by atoms with Crippen LogP contribution in [0.5, 0.6) is 0 Å². The van der Waals surface area contributed by atoms with Crippen molar-refractivity contribution in [3.8, 4) is 0 Å². The third kappa shape index (κ3) is 3.80.